The van der Waals surface area contributed by atoms with Gasteiger partial charge in [0.25, 0.3) is 0 Å². The second-order valence-electron chi connectivity index (χ2n) is 5.62. The highest BCUT2D eigenvalue weighted by molar-refractivity contribution is 7.11. The van der Waals surface area contributed by atoms with Crippen LogP contribution < -0.4 is 16.0 Å². The highest BCUT2D eigenvalue weighted by Crippen LogP contribution is 2.16. The van der Waals surface area contributed by atoms with Crippen molar-refractivity contribution in [1.29, 1.82) is 0 Å². The molecular formula is C17H30N4OS. The molecule has 0 bridgehead atoms. The van der Waals surface area contributed by atoms with Crippen molar-refractivity contribution < 1.29 is 4.79 Å². The molecule has 3 N–H and O–H groups in total. The first kappa shape index (κ1) is 19.5. The molecule has 0 saturated heterocycles. The molecule has 5 nitrogen and oxygen atoms in total. The SMILES string of the molecule is CCCNC(=O)CCN=C(NCC)NC(C)Cc1ccc(C)s1. The zero-order valence-electron chi connectivity index (χ0n) is 14.7. The summed E-state index contributed by atoms with van der Waals surface area (Å²) in [4.78, 5) is 18.8. The van der Waals surface area contributed by atoms with E-state index in [4.69, 9.17) is 0 Å². The Kier molecular flexibility index (Phi) is 9.36. The van der Waals surface area contributed by atoms with E-state index < -0.39 is 0 Å². The van der Waals surface area contributed by atoms with Crippen LogP contribution in [0, 0.1) is 6.92 Å². The molecule has 6 heteroatoms. The molecule has 1 amide bonds. The lowest BCUT2D eigenvalue weighted by Gasteiger charge is -2.17. The number of rotatable bonds is 9. The van der Waals surface area contributed by atoms with E-state index in [-0.39, 0.29) is 5.91 Å². The third-order valence-electron chi connectivity index (χ3n) is 3.21. The van der Waals surface area contributed by atoms with Gasteiger partial charge in [-0.15, -0.1) is 11.3 Å². The van der Waals surface area contributed by atoms with Crippen LogP contribution in [0.4, 0.5) is 0 Å². The molecule has 0 saturated carbocycles. The molecule has 0 fully saturated rings. The summed E-state index contributed by atoms with van der Waals surface area (Å²) in [6.45, 7) is 10.4. The van der Waals surface area contributed by atoms with Crippen molar-refractivity contribution in [1.82, 2.24) is 16.0 Å². The van der Waals surface area contributed by atoms with Gasteiger partial charge in [0.15, 0.2) is 5.96 Å². The topological polar surface area (TPSA) is 65.5 Å². The van der Waals surface area contributed by atoms with Crippen LogP contribution in [0.15, 0.2) is 17.1 Å². The van der Waals surface area contributed by atoms with Crippen molar-refractivity contribution in [2.45, 2.75) is 53.0 Å². The van der Waals surface area contributed by atoms with Gasteiger partial charge in [-0.05, 0) is 39.3 Å². The zero-order valence-corrected chi connectivity index (χ0v) is 15.6. The van der Waals surface area contributed by atoms with Gasteiger partial charge in [-0.1, -0.05) is 6.92 Å². The molecule has 0 spiro atoms. The van der Waals surface area contributed by atoms with E-state index in [9.17, 15) is 4.79 Å². The normalized spacial score (nSPS) is 12.8. The van der Waals surface area contributed by atoms with Gasteiger partial charge in [-0.3, -0.25) is 9.79 Å². The Morgan fingerprint density at radius 1 is 1.30 bits per heavy atom. The molecule has 1 heterocycles. The number of guanidine groups is 1. The molecule has 0 aliphatic rings. The smallest absolute Gasteiger partial charge is 0.221 e. The third-order valence-corrected chi connectivity index (χ3v) is 4.23. The van der Waals surface area contributed by atoms with Gasteiger partial charge in [-0.2, -0.15) is 0 Å². The number of nitrogens with one attached hydrogen (secondary N) is 3. The van der Waals surface area contributed by atoms with Crippen LogP contribution in [-0.2, 0) is 11.2 Å². The third kappa shape index (κ3) is 8.59. The van der Waals surface area contributed by atoms with E-state index in [1.165, 1.54) is 9.75 Å². The van der Waals surface area contributed by atoms with Crippen molar-refractivity contribution in [2.75, 3.05) is 19.6 Å². The lowest BCUT2D eigenvalue weighted by molar-refractivity contribution is -0.120. The predicted octanol–water partition coefficient (Wildman–Crippen LogP) is 2.46. The summed E-state index contributed by atoms with van der Waals surface area (Å²) in [7, 11) is 0. The number of thiophene rings is 1. The van der Waals surface area contributed by atoms with Crippen LogP contribution in [0.25, 0.3) is 0 Å². The van der Waals surface area contributed by atoms with Gasteiger partial charge in [0, 0.05) is 41.7 Å². The van der Waals surface area contributed by atoms with E-state index in [0.717, 1.165) is 31.9 Å². The number of nitrogens with zero attached hydrogens (tertiary/aromatic N) is 1. The number of carbonyl (C=O) groups excluding carboxylic acids is 1. The Balaban J connectivity index is 2.43. The number of aliphatic imine (C=N–C) groups is 1. The fraction of sp³-hybridized carbons (Fsp3) is 0.647. The summed E-state index contributed by atoms with van der Waals surface area (Å²) in [5.41, 5.74) is 0. The summed E-state index contributed by atoms with van der Waals surface area (Å²) < 4.78 is 0. The minimum absolute atomic E-state index is 0.0635. The van der Waals surface area contributed by atoms with Gasteiger partial charge < -0.3 is 16.0 Å². The summed E-state index contributed by atoms with van der Waals surface area (Å²) in [6, 6.07) is 4.63. The van der Waals surface area contributed by atoms with Crippen LogP contribution in [0.3, 0.4) is 0 Å². The first-order chi connectivity index (χ1) is 11.0. The molecule has 1 unspecified atom stereocenters. The van der Waals surface area contributed by atoms with E-state index in [0.29, 0.717) is 19.0 Å². The van der Waals surface area contributed by atoms with E-state index >= 15 is 0 Å². The van der Waals surface area contributed by atoms with Gasteiger partial charge in [-0.25, -0.2) is 0 Å². The van der Waals surface area contributed by atoms with Crippen molar-refractivity contribution in [3.63, 3.8) is 0 Å². The van der Waals surface area contributed by atoms with Crippen LogP contribution in [0.2, 0.25) is 0 Å². The highest BCUT2D eigenvalue weighted by Gasteiger charge is 2.08. The summed E-state index contributed by atoms with van der Waals surface area (Å²) in [5, 5.41) is 9.50. The Morgan fingerprint density at radius 2 is 2.09 bits per heavy atom. The van der Waals surface area contributed by atoms with Crippen LogP contribution in [0.1, 0.15) is 43.4 Å². The van der Waals surface area contributed by atoms with Crippen LogP contribution >= 0.6 is 11.3 Å². The maximum absolute atomic E-state index is 11.6. The Bertz CT molecular complexity index is 499. The van der Waals surface area contributed by atoms with E-state index in [2.05, 4.69) is 46.9 Å². The molecule has 0 aliphatic heterocycles. The summed E-state index contributed by atoms with van der Waals surface area (Å²) >= 11 is 1.83. The first-order valence-electron chi connectivity index (χ1n) is 8.42. The molecule has 130 valence electrons. The molecule has 1 rings (SSSR count). The number of aryl methyl sites for hydroxylation is 1. The molecule has 1 aromatic heterocycles. The molecule has 0 aliphatic carbocycles. The summed E-state index contributed by atoms with van der Waals surface area (Å²) in [5.74, 6) is 0.838. The first-order valence-corrected chi connectivity index (χ1v) is 9.23. The van der Waals surface area contributed by atoms with Crippen molar-refractivity contribution in [2.24, 2.45) is 4.99 Å². The van der Waals surface area contributed by atoms with Crippen molar-refractivity contribution in [3.05, 3.63) is 21.9 Å². The zero-order chi connectivity index (χ0) is 17.1. The second-order valence-corrected chi connectivity index (χ2v) is 6.99. The number of amides is 1. The van der Waals surface area contributed by atoms with Crippen LogP contribution in [0.5, 0.6) is 0 Å². The lowest BCUT2D eigenvalue weighted by atomic mass is 10.2. The fourth-order valence-electron chi connectivity index (χ4n) is 2.12. The predicted molar refractivity (Wildman–Crippen MR) is 99.3 cm³/mol. The largest absolute Gasteiger partial charge is 0.357 e. The average molecular weight is 339 g/mol. The number of hydrogen-bond acceptors (Lipinski definition) is 3. The van der Waals surface area contributed by atoms with Crippen molar-refractivity contribution >= 4 is 23.2 Å². The lowest BCUT2D eigenvalue weighted by Crippen LogP contribution is -2.43. The molecule has 1 atom stereocenters. The molecule has 1 aromatic rings. The number of carbonyl (C=O) groups is 1. The molecule has 23 heavy (non-hydrogen) atoms. The monoisotopic (exact) mass is 338 g/mol. The highest BCUT2D eigenvalue weighted by atomic mass is 32.1. The molecular weight excluding hydrogens is 308 g/mol. The molecule has 0 radical (unpaired) electrons. The van der Waals surface area contributed by atoms with E-state index in [1.807, 2.05) is 25.2 Å². The Labute approximate surface area is 144 Å². The van der Waals surface area contributed by atoms with Crippen molar-refractivity contribution in [3.8, 4) is 0 Å². The van der Waals surface area contributed by atoms with Gasteiger partial charge in [0.05, 0.1) is 6.54 Å². The maximum atomic E-state index is 11.6. The minimum atomic E-state index is 0.0635. The fourth-order valence-corrected chi connectivity index (χ4v) is 3.14. The average Bonchev–Trinajstić information content (AvgIpc) is 2.90. The van der Waals surface area contributed by atoms with E-state index in [1.54, 1.807) is 0 Å². The Hall–Kier alpha value is -1.56. The second kappa shape index (κ2) is 11.0. The Morgan fingerprint density at radius 3 is 2.70 bits per heavy atom. The minimum Gasteiger partial charge on any atom is -0.357 e. The van der Waals surface area contributed by atoms with Crippen LogP contribution in [-0.4, -0.2) is 37.5 Å². The van der Waals surface area contributed by atoms with Gasteiger partial charge >= 0.3 is 0 Å². The van der Waals surface area contributed by atoms with Gasteiger partial charge in [0.2, 0.25) is 5.91 Å². The van der Waals surface area contributed by atoms with Gasteiger partial charge in [0.1, 0.15) is 0 Å². The number of hydrogen-bond donors (Lipinski definition) is 3. The summed E-state index contributed by atoms with van der Waals surface area (Å²) in [6.07, 6.45) is 2.36. The quantitative estimate of drug-likeness (QED) is 0.479. The molecule has 0 aromatic carbocycles. The standard InChI is InChI=1S/C17H30N4OS/c1-5-10-19-16(22)9-11-20-17(18-6-2)21-13(3)12-15-8-7-14(4)23-15/h7-8,13H,5-6,9-12H2,1-4H3,(H,19,22)(H2,18,20,21). The maximum Gasteiger partial charge on any atom is 0.221 e.